The summed E-state index contributed by atoms with van der Waals surface area (Å²) in [6.45, 7) is 12.1. The van der Waals surface area contributed by atoms with E-state index in [1.807, 2.05) is 41.5 Å². The van der Waals surface area contributed by atoms with Crippen LogP contribution < -0.4 is 0 Å². The second kappa shape index (κ2) is 7.58. The van der Waals surface area contributed by atoms with Crippen LogP contribution in [0.3, 0.4) is 0 Å². The van der Waals surface area contributed by atoms with Gasteiger partial charge in [0, 0.05) is 0 Å². The summed E-state index contributed by atoms with van der Waals surface area (Å²) in [4.78, 5) is 0. The highest BCUT2D eigenvalue weighted by molar-refractivity contribution is 5.87. The van der Waals surface area contributed by atoms with Crippen molar-refractivity contribution in [2.75, 3.05) is 0 Å². The molecule has 0 aliphatic carbocycles. The normalized spacial score (nSPS) is 9.09. The number of hydrogen-bond acceptors (Lipinski definition) is 2. The Balaban J connectivity index is 0. The van der Waals surface area contributed by atoms with Gasteiger partial charge in [0.2, 0.25) is 0 Å². The smallest absolute Gasteiger partial charge is 0.0621 e. The summed E-state index contributed by atoms with van der Waals surface area (Å²) < 4.78 is 0. The molecule has 0 saturated heterocycles. The first kappa shape index (κ1) is 13.1. The largest absolute Gasteiger partial charge is 0.411 e. The Morgan fingerprint density at radius 3 is 1.27 bits per heavy atom. The van der Waals surface area contributed by atoms with Crippen LogP contribution in [0.2, 0.25) is 0 Å². The van der Waals surface area contributed by atoms with Crippen molar-refractivity contribution >= 4 is 5.71 Å². The zero-order valence-electron chi connectivity index (χ0n) is 8.55. The lowest BCUT2D eigenvalue weighted by Crippen LogP contribution is -2.14. The van der Waals surface area contributed by atoms with E-state index in [9.17, 15) is 0 Å². The Morgan fingerprint density at radius 1 is 1.00 bits per heavy atom. The zero-order chi connectivity index (χ0) is 9.44. The molecule has 0 aromatic rings. The maximum Gasteiger partial charge on any atom is 0.0621 e. The quantitative estimate of drug-likeness (QED) is 0.374. The molecule has 0 aliphatic heterocycles. The van der Waals surface area contributed by atoms with E-state index in [0.717, 1.165) is 5.71 Å². The molecular formula is C9H21NO. The monoisotopic (exact) mass is 159 g/mol. The van der Waals surface area contributed by atoms with Gasteiger partial charge in [0.05, 0.1) is 5.71 Å². The van der Waals surface area contributed by atoms with Crippen LogP contribution in [0.15, 0.2) is 5.16 Å². The zero-order valence-corrected chi connectivity index (χ0v) is 8.55. The first-order chi connectivity index (χ1) is 5.09. The van der Waals surface area contributed by atoms with Crippen LogP contribution in [0.1, 0.15) is 41.5 Å². The Hall–Kier alpha value is -0.530. The third-order valence-electron chi connectivity index (χ3n) is 1.30. The standard InChI is InChI=1S/C7H15NO.C2H6/c1-5(2)7(8-9)6(3)4;1-2/h5-6,9H,1-4H3;1-2H3. The minimum absolute atomic E-state index is 0.356. The third-order valence-corrected chi connectivity index (χ3v) is 1.30. The van der Waals surface area contributed by atoms with Gasteiger partial charge >= 0.3 is 0 Å². The van der Waals surface area contributed by atoms with E-state index in [1.165, 1.54) is 0 Å². The molecule has 0 rings (SSSR count). The van der Waals surface area contributed by atoms with Crippen molar-refractivity contribution in [3.8, 4) is 0 Å². The summed E-state index contributed by atoms with van der Waals surface area (Å²) in [7, 11) is 0. The van der Waals surface area contributed by atoms with E-state index in [0.29, 0.717) is 11.8 Å². The minimum Gasteiger partial charge on any atom is -0.411 e. The molecule has 11 heavy (non-hydrogen) atoms. The first-order valence-corrected chi connectivity index (χ1v) is 4.31. The molecule has 0 aliphatic rings. The Labute approximate surface area is 70.3 Å². The molecule has 0 bridgehead atoms. The predicted octanol–water partition coefficient (Wildman–Crippen LogP) is 3.15. The second-order valence-electron chi connectivity index (χ2n) is 2.83. The molecule has 0 heterocycles. The van der Waals surface area contributed by atoms with Gasteiger partial charge in [-0.05, 0) is 11.8 Å². The average molecular weight is 159 g/mol. The fourth-order valence-corrected chi connectivity index (χ4v) is 0.898. The van der Waals surface area contributed by atoms with E-state index < -0.39 is 0 Å². The van der Waals surface area contributed by atoms with Crippen molar-refractivity contribution in [3.63, 3.8) is 0 Å². The van der Waals surface area contributed by atoms with Crippen LogP contribution in [0.4, 0.5) is 0 Å². The number of nitrogens with zero attached hydrogens (tertiary/aromatic N) is 1. The molecule has 68 valence electrons. The maximum atomic E-state index is 8.45. The van der Waals surface area contributed by atoms with Crippen molar-refractivity contribution < 1.29 is 5.21 Å². The number of oxime groups is 1. The topological polar surface area (TPSA) is 32.6 Å². The van der Waals surface area contributed by atoms with Crippen molar-refractivity contribution in [3.05, 3.63) is 0 Å². The van der Waals surface area contributed by atoms with Crippen molar-refractivity contribution in [2.45, 2.75) is 41.5 Å². The SMILES string of the molecule is CC.CC(C)C(=NO)C(C)C. The Morgan fingerprint density at radius 2 is 1.27 bits per heavy atom. The summed E-state index contributed by atoms with van der Waals surface area (Å²) >= 11 is 0. The van der Waals surface area contributed by atoms with E-state index in [4.69, 9.17) is 5.21 Å². The highest BCUT2D eigenvalue weighted by Gasteiger charge is 2.09. The lowest BCUT2D eigenvalue weighted by atomic mass is 9.98. The average Bonchev–Trinajstić information content (AvgIpc) is 1.91. The molecule has 0 saturated carbocycles. The Kier molecular flexibility index (Phi) is 9.01. The van der Waals surface area contributed by atoms with Gasteiger partial charge in [0.25, 0.3) is 0 Å². The van der Waals surface area contributed by atoms with Gasteiger partial charge in [-0.25, -0.2) is 0 Å². The van der Waals surface area contributed by atoms with Gasteiger partial charge in [-0.3, -0.25) is 0 Å². The van der Waals surface area contributed by atoms with Crippen molar-refractivity contribution in [1.82, 2.24) is 0 Å². The molecule has 0 aromatic carbocycles. The van der Waals surface area contributed by atoms with Crippen LogP contribution in [0.5, 0.6) is 0 Å². The molecule has 2 heteroatoms. The summed E-state index contributed by atoms with van der Waals surface area (Å²) in [5.74, 6) is 0.713. The van der Waals surface area contributed by atoms with E-state index in [-0.39, 0.29) is 0 Å². The van der Waals surface area contributed by atoms with E-state index >= 15 is 0 Å². The first-order valence-electron chi connectivity index (χ1n) is 4.31. The summed E-state index contributed by atoms with van der Waals surface area (Å²) in [5.41, 5.74) is 0.870. The Bertz CT molecular complexity index is 96.1. The van der Waals surface area contributed by atoms with Gasteiger partial charge < -0.3 is 5.21 Å². The second-order valence-corrected chi connectivity index (χ2v) is 2.83. The molecule has 0 aromatic heterocycles. The lowest BCUT2D eigenvalue weighted by molar-refractivity contribution is 0.312. The van der Waals surface area contributed by atoms with Gasteiger partial charge in [-0.2, -0.15) is 0 Å². The van der Waals surface area contributed by atoms with E-state index in [1.54, 1.807) is 0 Å². The molecule has 1 N–H and O–H groups in total. The van der Waals surface area contributed by atoms with Crippen LogP contribution in [0, 0.1) is 11.8 Å². The molecule has 0 unspecified atom stereocenters. The fourth-order valence-electron chi connectivity index (χ4n) is 0.898. The predicted molar refractivity (Wildman–Crippen MR) is 50.2 cm³/mol. The highest BCUT2D eigenvalue weighted by Crippen LogP contribution is 2.06. The van der Waals surface area contributed by atoms with Gasteiger partial charge in [-0.15, -0.1) is 0 Å². The van der Waals surface area contributed by atoms with Crippen LogP contribution in [0.25, 0.3) is 0 Å². The van der Waals surface area contributed by atoms with Gasteiger partial charge in [0.15, 0.2) is 0 Å². The fraction of sp³-hybridized carbons (Fsp3) is 0.889. The minimum atomic E-state index is 0.356. The van der Waals surface area contributed by atoms with Crippen LogP contribution >= 0.6 is 0 Å². The van der Waals surface area contributed by atoms with Crippen molar-refractivity contribution in [2.24, 2.45) is 17.0 Å². The summed E-state index contributed by atoms with van der Waals surface area (Å²) in [6, 6.07) is 0. The summed E-state index contributed by atoms with van der Waals surface area (Å²) in [5, 5.41) is 11.7. The molecular weight excluding hydrogens is 138 g/mol. The van der Waals surface area contributed by atoms with E-state index in [2.05, 4.69) is 5.16 Å². The highest BCUT2D eigenvalue weighted by atomic mass is 16.4. The van der Waals surface area contributed by atoms with Gasteiger partial charge in [0.1, 0.15) is 0 Å². The molecule has 0 spiro atoms. The molecule has 0 atom stereocenters. The van der Waals surface area contributed by atoms with Crippen molar-refractivity contribution in [1.29, 1.82) is 0 Å². The number of hydrogen-bond donors (Lipinski definition) is 1. The molecule has 0 fully saturated rings. The summed E-state index contributed by atoms with van der Waals surface area (Å²) in [6.07, 6.45) is 0. The molecule has 0 radical (unpaired) electrons. The lowest BCUT2D eigenvalue weighted by Gasteiger charge is -2.09. The van der Waals surface area contributed by atoms with Crippen LogP contribution in [-0.2, 0) is 0 Å². The molecule has 2 nitrogen and oxygen atoms in total. The third kappa shape index (κ3) is 5.89. The maximum absolute atomic E-state index is 8.45. The number of rotatable bonds is 2. The molecule has 0 amide bonds. The van der Waals surface area contributed by atoms with Gasteiger partial charge in [-0.1, -0.05) is 46.7 Å². The van der Waals surface area contributed by atoms with Crippen LogP contribution in [-0.4, -0.2) is 10.9 Å².